The maximum absolute atomic E-state index is 11.9. The first-order valence-corrected chi connectivity index (χ1v) is 5.91. The Kier molecular flexibility index (Phi) is 4.94. The third kappa shape index (κ3) is 4.06. The van der Waals surface area contributed by atoms with Gasteiger partial charge in [-0.15, -0.1) is 0 Å². The number of amides is 1. The molecule has 0 bridgehead atoms. The lowest BCUT2D eigenvalue weighted by atomic mass is 10.2. The Bertz CT molecular complexity index is 342. The van der Waals surface area contributed by atoms with E-state index < -0.39 is 0 Å². The van der Waals surface area contributed by atoms with E-state index >= 15 is 0 Å². The van der Waals surface area contributed by atoms with Crippen molar-refractivity contribution in [2.75, 3.05) is 0 Å². The van der Waals surface area contributed by atoms with Gasteiger partial charge in [0, 0.05) is 24.2 Å². The molecule has 94 valence electrons. The van der Waals surface area contributed by atoms with E-state index in [4.69, 9.17) is 4.74 Å². The van der Waals surface area contributed by atoms with Crippen LogP contribution in [0.5, 0.6) is 0 Å². The molecule has 1 heterocycles. The molecule has 0 aliphatic heterocycles. The number of rotatable bonds is 4. The van der Waals surface area contributed by atoms with Gasteiger partial charge in [0.25, 0.3) is 6.73 Å². The molecule has 0 saturated carbocycles. The normalized spacial score (nSPS) is 10.7. The first-order valence-electron chi connectivity index (χ1n) is 5.91. The van der Waals surface area contributed by atoms with Crippen LogP contribution >= 0.6 is 0 Å². The molecule has 0 radical (unpaired) electrons. The molecule has 0 unspecified atom stereocenters. The van der Waals surface area contributed by atoms with Gasteiger partial charge in [-0.25, -0.2) is 4.79 Å². The molecule has 0 spiro atoms. The van der Waals surface area contributed by atoms with Gasteiger partial charge < -0.3 is 9.64 Å². The van der Waals surface area contributed by atoms with Gasteiger partial charge in [-0.05, 0) is 27.7 Å². The molecule has 1 aromatic heterocycles. The van der Waals surface area contributed by atoms with Crippen LogP contribution in [0.1, 0.15) is 27.7 Å². The van der Waals surface area contributed by atoms with Crippen LogP contribution in [0.4, 0.5) is 4.79 Å². The van der Waals surface area contributed by atoms with Gasteiger partial charge in [-0.2, -0.15) is 4.57 Å². The van der Waals surface area contributed by atoms with Crippen molar-refractivity contribution in [2.45, 2.75) is 46.5 Å². The highest BCUT2D eigenvalue weighted by molar-refractivity contribution is 5.68. The second kappa shape index (κ2) is 6.23. The monoisotopic (exact) mass is 237 g/mol. The van der Waals surface area contributed by atoms with E-state index in [9.17, 15) is 4.79 Å². The van der Waals surface area contributed by atoms with Gasteiger partial charge >= 0.3 is 6.09 Å². The van der Waals surface area contributed by atoms with Gasteiger partial charge in [0.2, 0.25) is 0 Å². The molecule has 0 atom stereocenters. The van der Waals surface area contributed by atoms with Crippen molar-refractivity contribution >= 4 is 6.09 Å². The number of aromatic nitrogens is 1. The number of hydrogen-bond acceptors (Lipinski definition) is 2. The fourth-order valence-electron chi connectivity index (χ4n) is 1.74. The van der Waals surface area contributed by atoms with E-state index in [1.165, 1.54) is 0 Å². The number of nitrogens with zero attached hydrogens (tertiary/aromatic N) is 2. The summed E-state index contributed by atoms with van der Waals surface area (Å²) in [6.07, 6.45) is 3.46. The van der Waals surface area contributed by atoms with Crippen molar-refractivity contribution in [1.82, 2.24) is 4.90 Å². The first-order chi connectivity index (χ1) is 8.02. The minimum Gasteiger partial charge on any atom is -0.388 e. The summed E-state index contributed by atoms with van der Waals surface area (Å²) in [6.45, 7) is 8.18. The summed E-state index contributed by atoms with van der Waals surface area (Å²) >= 11 is 0. The van der Waals surface area contributed by atoms with Gasteiger partial charge in [0.1, 0.15) is 0 Å². The zero-order valence-electron chi connectivity index (χ0n) is 11.0. The van der Waals surface area contributed by atoms with Crippen LogP contribution in [0.15, 0.2) is 30.6 Å². The average Bonchev–Trinajstić information content (AvgIpc) is 2.27. The Hall–Kier alpha value is -1.58. The molecule has 0 fully saturated rings. The molecule has 4 heteroatoms. The Balaban J connectivity index is 2.54. The number of carbonyl (C=O) groups is 1. The molecule has 0 N–H and O–H groups in total. The highest BCUT2D eigenvalue weighted by Crippen LogP contribution is 2.07. The quantitative estimate of drug-likeness (QED) is 0.752. The molecule has 0 aromatic carbocycles. The fraction of sp³-hybridized carbons (Fsp3) is 0.538. The third-order valence-corrected chi connectivity index (χ3v) is 2.44. The predicted molar refractivity (Wildman–Crippen MR) is 65.2 cm³/mol. The van der Waals surface area contributed by atoms with E-state index in [0.717, 1.165) is 0 Å². The summed E-state index contributed by atoms with van der Waals surface area (Å²) in [7, 11) is 0. The van der Waals surface area contributed by atoms with E-state index in [0.29, 0.717) is 0 Å². The van der Waals surface area contributed by atoms with Crippen molar-refractivity contribution in [3.8, 4) is 0 Å². The minimum absolute atomic E-state index is 0.142. The van der Waals surface area contributed by atoms with Crippen molar-refractivity contribution in [3.05, 3.63) is 30.6 Å². The molecule has 1 rings (SSSR count). The lowest BCUT2D eigenvalue weighted by molar-refractivity contribution is -0.727. The summed E-state index contributed by atoms with van der Waals surface area (Å²) in [5.74, 6) is 0. The fourth-order valence-corrected chi connectivity index (χ4v) is 1.74. The van der Waals surface area contributed by atoms with Crippen molar-refractivity contribution in [2.24, 2.45) is 0 Å². The van der Waals surface area contributed by atoms with E-state index in [2.05, 4.69) is 0 Å². The summed E-state index contributed by atoms with van der Waals surface area (Å²) in [5.41, 5.74) is 0. The maximum Gasteiger partial charge on any atom is 0.415 e. The third-order valence-electron chi connectivity index (χ3n) is 2.44. The Morgan fingerprint density at radius 3 is 2.12 bits per heavy atom. The van der Waals surface area contributed by atoms with Crippen molar-refractivity contribution < 1.29 is 14.1 Å². The van der Waals surface area contributed by atoms with E-state index in [1.807, 2.05) is 62.9 Å². The maximum atomic E-state index is 11.9. The van der Waals surface area contributed by atoms with Gasteiger partial charge in [0.05, 0.1) is 0 Å². The van der Waals surface area contributed by atoms with Crippen LogP contribution in [0.2, 0.25) is 0 Å². The van der Waals surface area contributed by atoms with E-state index in [1.54, 1.807) is 4.90 Å². The number of hydrogen-bond donors (Lipinski definition) is 0. The molecule has 1 amide bonds. The van der Waals surface area contributed by atoms with Crippen LogP contribution < -0.4 is 4.57 Å². The highest BCUT2D eigenvalue weighted by Gasteiger charge is 2.22. The zero-order chi connectivity index (χ0) is 12.8. The Morgan fingerprint density at radius 2 is 1.65 bits per heavy atom. The molecule has 0 aliphatic carbocycles. The van der Waals surface area contributed by atoms with Gasteiger partial charge in [0.15, 0.2) is 12.4 Å². The van der Waals surface area contributed by atoms with Crippen molar-refractivity contribution in [3.63, 3.8) is 0 Å². The van der Waals surface area contributed by atoms with Crippen LogP contribution in [0.3, 0.4) is 0 Å². The second-order valence-electron chi connectivity index (χ2n) is 4.52. The topological polar surface area (TPSA) is 33.4 Å². The molecular formula is C13H21N2O2+. The Labute approximate surface area is 103 Å². The summed E-state index contributed by atoms with van der Waals surface area (Å²) in [4.78, 5) is 13.6. The molecule has 17 heavy (non-hydrogen) atoms. The van der Waals surface area contributed by atoms with Crippen LogP contribution in [0, 0.1) is 0 Å². The van der Waals surface area contributed by atoms with Crippen LogP contribution in [0.25, 0.3) is 0 Å². The molecule has 1 aromatic rings. The lowest BCUT2D eigenvalue weighted by Crippen LogP contribution is -2.45. The molecular weight excluding hydrogens is 216 g/mol. The molecule has 4 nitrogen and oxygen atoms in total. The molecule has 0 aliphatic rings. The lowest BCUT2D eigenvalue weighted by Gasteiger charge is -2.28. The van der Waals surface area contributed by atoms with Crippen molar-refractivity contribution in [1.29, 1.82) is 0 Å². The Morgan fingerprint density at radius 1 is 1.12 bits per heavy atom. The summed E-state index contributed by atoms with van der Waals surface area (Å²) < 4.78 is 7.08. The first kappa shape index (κ1) is 13.5. The zero-order valence-corrected chi connectivity index (χ0v) is 11.0. The second-order valence-corrected chi connectivity index (χ2v) is 4.52. The number of ether oxygens (including phenoxy) is 1. The molecule has 0 saturated heterocycles. The summed E-state index contributed by atoms with van der Waals surface area (Å²) in [6, 6.07) is 6.01. The average molecular weight is 237 g/mol. The SMILES string of the molecule is CC(C)N(C(=O)OC[n+]1ccccc1)C(C)C. The number of carbonyl (C=O) groups excluding carboxylic acids is 1. The van der Waals surface area contributed by atoms with Gasteiger partial charge in [-0.1, -0.05) is 6.07 Å². The standard InChI is InChI=1S/C13H21N2O2/c1-11(2)15(12(3)4)13(16)17-10-14-8-6-5-7-9-14/h5-9,11-12H,10H2,1-4H3/q+1. The van der Waals surface area contributed by atoms with E-state index in [-0.39, 0.29) is 24.9 Å². The van der Waals surface area contributed by atoms with Gasteiger partial charge in [-0.3, -0.25) is 0 Å². The number of pyridine rings is 1. The van der Waals surface area contributed by atoms with Crippen LogP contribution in [-0.2, 0) is 11.5 Å². The highest BCUT2D eigenvalue weighted by atomic mass is 16.6. The minimum atomic E-state index is -0.272. The predicted octanol–water partition coefficient (Wildman–Crippen LogP) is 2.19. The van der Waals surface area contributed by atoms with Crippen LogP contribution in [-0.4, -0.2) is 23.1 Å². The largest absolute Gasteiger partial charge is 0.415 e. The summed E-state index contributed by atoms with van der Waals surface area (Å²) in [5, 5.41) is 0. The smallest absolute Gasteiger partial charge is 0.388 e.